The van der Waals surface area contributed by atoms with Crippen molar-refractivity contribution in [1.29, 1.82) is 0 Å². The Morgan fingerprint density at radius 2 is 2.27 bits per heavy atom. The third-order valence-electron chi connectivity index (χ3n) is 2.72. The summed E-state index contributed by atoms with van der Waals surface area (Å²) in [6.07, 6.45) is 7.02. The van der Waals surface area contributed by atoms with E-state index in [0.717, 1.165) is 25.7 Å². The number of rotatable bonds is 5. The van der Waals surface area contributed by atoms with Crippen LogP contribution in [0.4, 0.5) is 0 Å². The van der Waals surface area contributed by atoms with Crippen LogP contribution in [0.25, 0.3) is 0 Å². The molecule has 0 radical (unpaired) electrons. The van der Waals surface area contributed by atoms with Crippen molar-refractivity contribution in [2.45, 2.75) is 51.4 Å². The van der Waals surface area contributed by atoms with E-state index in [1.807, 2.05) is 6.92 Å². The van der Waals surface area contributed by atoms with Gasteiger partial charge in [0.1, 0.15) is 6.10 Å². The summed E-state index contributed by atoms with van der Waals surface area (Å²) in [5.41, 5.74) is 0. The zero-order valence-electron chi connectivity index (χ0n) is 9.79. The predicted molar refractivity (Wildman–Crippen MR) is 58.6 cm³/mol. The largest absolute Gasteiger partial charge is 0.350 e. The summed E-state index contributed by atoms with van der Waals surface area (Å²) in [6.45, 7) is 3.96. The van der Waals surface area contributed by atoms with E-state index < -0.39 is 5.79 Å². The van der Waals surface area contributed by atoms with Crippen LogP contribution in [0.15, 0.2) is 12.2 Å². The predicted octanol–water partition coefficient (Wildman–Crippen LogP) is 2.45. The second kappa shape index (κ2) is 5.42. The highest BCUT2D eigenvalue weighted by Gasteiger charge is 2.32. The van der Waals surface area contributed by atoms with Crippen LogP contribution in [0.5, 0.6) is 0 Å². The first kappa shape index (κ1) is 12.4. The number of ether oxygens (including phenoxy) is 2. The minimum atomic E-state index is -0.731. The number of hydrogen-bond donors (Lipinski definition) is 0. The second-order valence-electron chi connectivity index (χ2n) is 4.06. The third kappa shape index (κ3) is 3.43. The zero-order valence-corrected chi connectivity index (χ0v) is 9.79. The molecule has 2 unspecified atom stereocenters. The highest BCUT2D eigenvalue weighted by molar-refractivity contribution is 5.94. The lowest BCUT2D eigenvalue weighted by molar-refractivity contribution is -0.208. The van der Waals surface area contributed by atoms with Crippen molar-refractivity contribution in [1.82, 2.24) is 0 Å². The number of carbonyl (C=O) groups is 1. The van der Waals surface area contributed by atoms with Gasteiger partial charge in [0.15, 0.2) is 11.6 Å². The van der Waals surface area contributed by atoms with Gasteiger partial charge in [-0.3, -0.25) is 4.79 Å². The highest BCUT2D eigenvalue weighted by atomic mass is 16.7. The van der Waals surface area contributed by atoms with Crippen molar-refractivity contribution in [2.24, 2.45) is 0 Å². The van der Waals surface area contributed by atoms with Crippen LogP contribution < -0.4 is 0 Å². The Labute approximate surface area is 91.4 Å². The molecule has 0 fully saturated rings. The number of ketones is 1. The van der Waals surface area contributed by atoms with Crippen LogP contribution >= 0.6 is 0 Å². The molecule has 0 aromatic heterocycles. The molecule has 0 N–H and O–H groups in total. The van der Waals surface area contributed by atoms with Crippen LogP contribution in [-0.2, 0) is 14.3 Å². The normalized spacial score (nSPS) is 30.9. The van der Waals surface area contributed by atoms with E-state index in [9.17, 15) is 4.79 Å². The average molecular weight is 212 g/mol. The van der Waals surface area contributed by atoms with Crippen LogP contribution in [0, 0.1) is 0 Å². The standard InChI is InChI=1S/C12H20O3/c1-4-5-6-7-11-10(13)8-9-12(2,14-3)15-11/h8-9,11H,4-7H2,1-3H3. The second-order valence-corrected chi connectivity index (χ2v) is 4.06. The molecule has 1 rings (SSSR count). The first-order valence-electron chi connectivity index (χ1n) is 5.57. The Balaban J connectivity index is 2.51. The molecule has 0 aromatic carbocycles. The monoisotopic (exact) mass is 212 g/mol. The van der Waals surface area contributed by atoms with Crippen LogP contribution in [0.1, 0.15) is 39.5 Å². The summed E-state index contributed by atoms with van der Waals surface area (Å²) >= 11 is 0. The molecular weight excluding hydrogens is 192 g/mol. The SMILES string of the molecule is CCCCCC1OC(C)(OC)C=CC1=O. The lowest BCUT2D eigenvalue weighted by atomic mass is 10.0. The van der Waals surface area contributed by atoms with Crippen molar-refractivity contribution in [3.8, 4) is 0 Å². The molecule has 2 atom stereocenters. The fraction of sp³-hybridized carbons (Fsp3) is 0.750. The number of hydrogen-bond acceptors (Lipinski definition) is 3. The molecule has 0 aliphatic carbocycles. The third-order valence-corrected chi connectivity index (χ3v) is 2.72. The maximum Gasteiger partial charge on any atom is 0.185 e. The van der Waals surface area contributed by atoms with Gasteiger partial charge in [0.05, 0.1) is 0 Å². The summed E-state index contributed by atoms with van der Waals surface area (Å²) < 4.78 is 10.8. The van der Waals surface area contributed by atoms with Crippen molar-refractivity contribution < 1.29 is 14.3 Å². The van der Waals surface area contributed by atoms with Gasteiger partial charge in [-0.25, -0.2) is 0 Å². The van der Waals surface area contributed by atoms with Gasteiger partial charge in [0.25, 0.3) is 0 Å². The van der Waals surface area contributed by atoms with Gasteiger partial charge in [-0.05, 0) is 25.5 Å². The molecule has 0 spiro atoms. The number of unbranched alkanes of at least 4 members (excludes halogenated alkanes) is 2. The van der Waals surface area contributed by atoms with Gasteiger partial charge in [-0.1, -0.05) is 26.2 Å². The summed E-state index contributed by atoms with van der Waals surface area (Å²) in [5.74, 6) is -0.675. The fourth-order valence-electron chi connectivity index (χ4n) is 1.62. The van der Waals surface area contributed by atoms with Crippen molar-refractivity contribution in [3.63, 3.8) is 0 Å². The quantitative estimate of drug-likeness (QED) is 0.657. The molecular formula is C12H20O3. The molecule has 3 heteroatoms. The highest BCUT2D eigenvalue weighted by Crippen LogP contribution is 2.24. The molecule has 0 saturated carbocycles. The zero-order chi connectivity index (χ0) is 11.3. The lowest BCUT2D eigenvalue weighted by Crippen LogP contribution is -2.40. The van der Waals surface area contributed by atoms with Gasteiger partial charge in [0.2, 0.25) is 0 Å². The molecule has 15 heavy (non-hydrogen) atoms. The average Bonchev–Trinajstić information content (AvgIpc) is 2.24. The van der Waals surface area contributed by atoms with E-state index in [1.54, 1.807) is 19.3 Å². The molecule has 0 saturated heterocycles. The van der Waals surface area contributed by atoms with Gasteiger partial charge in [-0.2, -0.15) is 0 Å². The Bertz CT molecular complexity index is 247. The molecule has 1 heterocycles. The molecule has 0 aromatic rings. The molecule has 0 amide bonds. The van der Waals surface area contributed by atoms with Crippen LogP contribution in [0.3, 0.4) is 0 Å². The summed E-state index contributed by atoms with van der Waals surface area (Å²) in [5, 5.41) is 0. The topological polar surface area (TPSA) is 35.5 Å². The molecule has 86 valence electrons. The molecule has 0 bridgehead atoms. The first-order valence-corrected chi connectivity index (χ1v) is 5.57. The summed E-state index contributed by atoms with van der Waals surface area (Å²) in [7, 11) is 1.59. The van der Waals surface area contributed by atoms with Gasteiger partial charge in [0, 0.05) is 7.11 Å². The minimum absolute atomic E-state index is 0.0561. The van der Waals surface area contributed by atoms with Crippen LogP contribution in [0.2, 0.25) is 0 Å². The molecule has 3 nitrogen and oxygen atoms in total. The van der Waals surface area contributed by atoms with Gasteiger partial charge >= 0.3 is 0 Å². The minimum Gasteiger partial charge on any atom is -0.350 e. The van der Waals surface area contributed by atoms with E-state index >= 15 is 0 Å². The van der Waals surface area contributed by atoms with Crippen molar-refractivity contribution in [3.05, 3.63) is 12.2 Å². The number of methoxy groups -OCH3 is 1. The summed E-state index contributed by atoms with van der Waals surface area (Å²) in [6, 6.07) is 0. The number of carbonyl (C=O) groups excluding carboxylic acids is 1. The van der Waals surface area contributed by atoms with E-state index in [-0.39, 0.29) is 11.9 Å². The van der Waals surface area contributed by atoms with E-state index in [4.69, 9.17) is 9.47 Å². The van der Waals surface area contributed by atoms with Gasteiger partial charge < -0.3 is 9.47 Å². The Morgan fingerprint density at radius 1 is 1.53 bits per heavy atom. The van der Waals surface area contributed by atoms with Crippen molar-refractivity contribution >= 4 is 5.78 Å². The first-order chi connectivity index (χ1) is 7.11. The molecule has 1 aliphatic rings. The Morgan fingerprint density at radius 3 is 2.87 bits per heavy atom. The van der Waals surface area contributed by atoms with Gasteiger partial charge in [-0.15, -0.1) is 0 Å². The van der Waals surface area contributed by atoms with E-state index in [0.29, 0.717) is 0 Å². The van der Waals surface area contributed by atoms with Crippen LogP contribution in [-0.4, -0.2) is 24.8 Å². The maximum atomic E-state index is 11.5. The lowest BCUT2D eigenvalue weighted by Gasteiger charge is -2.32. The Kier molecular flexibility index (Phi) is 4.48. The fourth-order valence-corrected chi connectivity index (χ4v) is 1.62. The summed E-state index contributed by atoms with van der Waals surface area (Å²) in [4.78, 5) is 11.5. The maximum absolute atomic E-state index is 11.5. The molecule has 1 aliphatic heterocycles. The van der Waals surface area contributed by atoms with E-state index in [1.165, 1.54) is 0 Å². The Hall–Kier alpha value is -0.670. The van der Waals surface area contributed by atoms with E-state index in [2.05, 4.69) is 6.92 Å². The smallest absolute Gasteiger partial charge is 0.185 e. The van der Waals surface area contributed by atoms with Crippen molar-refractivity contribution in [2.75, 3.05) is 7.11 Å².